The highest BCUT2D eigenvalue weighted by Crippen LogP contribution is 2.44. The zero-order valence-electron chi connectivity index (χ0n) is 38.9. The third-order valence-corrected chi connectivity index (χ3v) is 12.3. The number of hydrogen-bond acceptors (Lipinski definition) is 3. The van der Waals surface area contributed by atoms with Gasteiger partial charge in [0.05, 0.1) is 11.4 Å². The Kier molecular flexibility index (Phi) is 13.1. The SMILES string of the molecule is CC(C)(C)c1ccc(C2=N/C(=C\c3c(-c4cccc5ccccc45)cc(-c4ccc(C(C)(C)C)cc4)n3B(OCC(F)(F)C(F)(F)F)OCC(F)(F)C(F)(F)F)C(c3cccc4ccccc34)=C2)cc1. The lowest BCUT2D eigenvalue weighted by Gasteiger charge is -2.26. The number of rotatable bonds is 12. The molecule has 0 saturated heterocycles. The molecule has 0 fully saturated rings. The van der Waals surface area contributed by atoms with Crippen molar-refractivity contribution in [3.63, 3.8) is 0 Å². The third kappa shape index (κ3) is 10.1. The lowest BCUT2D eigenvalue weighted by molar-refractivity contribution is -0.295. The lowest BCUT2D eigenvalue weighted by Crippen LogP contribution is -2.48. The first-order valence-electron chi connectivity index (χ1n) is 22.3. The predicted octanol–water partition coefficient (Wildman–Crippen LogP) is 15.9. The molecule has 0 unspecified atom stereocenters. The van der Waals surface area contributed by atoms with Gasteiger partial charge in [0.15, 0.2) is 0 Å². The summed E-state index contributed by atoms with van der Waals surface area (Å²) in [6.45, 7) is 7.04. The highest BCUT2D eigenvalue weighted by Gasteiger charge is 2.60. The van der Waals surface area contributed by atoms with Gasteiger partial charge in [0.2, 0.25) is 0 Å². The van der Waals surface area contributed by atoms with E-state index in [9.17, 15) is 43.9 Å². The Morgan fingerprint density at radius 1 is 0.514 bits per heavy atom. The summed E-state index contributed by atoms with van der Waals surface area (Å²) in [4.78, 5) is 5.12. The van der Waals surface area contributed by atoms with Crippen LogP contribution < -0.4 is 0 Å². The lowest BCUT2D eigenvalue weighted by atomic mass is 9.86. The van der Waals surface area contributed by atoms with Crippen molar-refractivity contribution >= 4 is 46.2 Å². The number of aliphatic imine (C=N–C) groups is 1. The normalized spacial score (nSPS) is 14.7. The van der Waals surface area contributed by atoms with Gasteiger partial charge in [-0.1, -0.05) is 175 Å². The molecule has 0 saturated carbocycles. The molecule has 7 aromatic rings. The van der Waals surface area contributed by atoms with Gasteiger partial charge in [0, 0.05) is 28.1 Å². The number of benzene rings is 6. The number of alkyl halides is 10. The molecule has 15 heteroatoms. The van der Waals surface area contributed by atoms with Crippen molar-refractivity contribution in [2.24, 2.45) is 4.99 Å². The van der Waals surface area contributed by atoms with Crippen LogP contribution >= 0.6 is 0 Å². The number of nitrogens with zero attached hydrogens (tertiary/aromatic N) is 2. The molecule has 362 valence electrons. The van der Waals surface area contributed by atoms with Crippen molar-refractivity contribution in [1.29, 1.82) is 0 Å². The van der Waals surface area contributed by atoms with Crippen LogP contribution in [-0.4, -0.2) is 54.9 Å². The van der Waals surface area contributed by atoms with Gasteiger partial charge in [-0.15, -0.1) is 0 Å². The maximum Gasteiger partial charge on any atom is 0.598 e. The highest BCUT2D eigenvalue weighted by atomic mass is 19.4. The first-order chi connectivity index (χ1) is 32.7. The minimum absolute atomic E-state index is 0.0402. The fourth-order valence-electron chi connectivity index (χ4n) is 8.30. The van der Waals surface area contributed by atoms with E-state index in [2.05, 4.69) is 20.8 Å². The Bertz CT molecular complexity index is 3110. The van der Waals surface area contributed by atoms with Crippen molar-refractivity contribution in [3.8, 4) is 22.4 Å². The summed E-state index contributed by atoms with van der Waals surface area (Å²) in [6.07, 6.45) is -9.06. The maximum absolute atomic E-state index is 14.9. The van der Waals surface area contributed by atoms with Crippen molar-refractivity contribution < 1.29 is 53.2 Å². The summed E-state index contributed by atoms with van der Waals surface area (Å²) < 4.78 is 154. The molecule has 1 aliphatic rings. The largest absolute Gasteiger partial charge is 0.598 e. The Balaban J connectivity index is 1.47. The maximum atomic E-state index is 14.9. The minimum atomic E-state index is -6.20. The van der Waals surface area contributed by atoms with E-state index < -0.39 is 44.7 Å². The zero-order chi connectivity index (χ0) is 50.6. The average molecular weight is 969 g/mol. The fourth-order valence-corrected chi connectivity index (χ4v) is 8.30. The van der Waals surface area contributed by atoms with Gasteiger partial charge in [-0.3, -0.25) is 0 Å². The molecule has 0 spiro atoms. The summed E-state index contributed by atoms with van der Waals surface area (Å²) in [5, 5.41) is 3.04. The second kappa shape index (κ2) is 18.4. The Morgan fingerprint density at radius 3 is 1.44 bits per heavy atom. The topological polar surface area (TPSA) is 35.8 Å². The predicted molar refractivity (Wildman–Crippen MR) is 258 cm³/mol. The van der Waals surface area contributed by atoms with E-state index in [1.165, 1.54) is 6.08 Å². The molecule has 6 aromatic carbocycles. The van der Waals surface area contributed by atoms with Crippen molar-refractivity contribution in [3.05, 3.63) is 179 Å². The molecule has 0 N–H and O–H groups in total. The van der Waals surface area contributed by atoms with Crippen LogP contribution in [0.2, 0.25) is 0 Å². The fraction of sp³-hybridized carbons (Fsp3) is 0.255. The summed E-state index contributed by atoms with van der Waals surface area (Å²) >= 11 is 0. The van der Waals surface area contributed by atoms with E-state index >= 15 is 0 Å². The van der Waals surface area contributed by atoms with Crippen LogP contribution in [0.25, 0.3) is 55.6 Å². The molecule has 2 heterocycles. The van der Waals surface area contributed by atoms with E-state index in [0.717, 1.165) is 31.8 Å². The van der Waals surface area contributed by atoms with E-state index in [0.29, 0.717) is 33.4 Å². The van der Waals surface area contributed by atoms with E-state index in [1.54, 1.807) is 60.7 Å². The molecule has 70 heavy (non-hydrogen) atoms. The summed E-state index contributed by atoms with van der Waals surface area (Å²) in [7, 11) is -2.76. The van der Waals surface area contributed by atoms with Crippen LogP contribution in [0.15, 0.2) is 156 Å². The second-order valence-electron chi connectivity index (χ2n) is 19.3. The van der Waals surface area contributed by atoms with Crippen LogP contribution in [0, 0.1) is 0 Å². The second-order valence-corrected chi connectivity index (χ2v) is 19.3. The number of fused-ring (bicyclic) bond motifs is 2. The van der Waals surface area contributed by atoms with Crippen molar-refractivity contribution in [1.82, 2.24) is 4.48 Å². The summed E-state index contributed by atoms with van der Waals surface area (Å²) in [5.41, 5.74) is 4.81. The standard InChI is InChI=1S/C55H47BF10N2O2/c1-50(2,3)38-25-21-36(22-26-38)46-29-44(42-19-11-15-34-13-7-9-17-40(34)42)47(67-46)31-49-45(43-20-12-16-35-14-8-10-18-41(35)43)30-48(37-23-27-39(28-24-37)51(4,5)6)68(49)56(69-32-52(57,58)54(61,62)63)70-33-53(59,60)55(64,65)66/h7-31H,32-33H2,1-6H3/b47-31-. The molecule has 0 aliphatic carbocycles. The van der Waals surface area contributed by atoms with Gasteiger partial charge in [0.25, 0.3) is 0 Å². The number of allylic oxidation sites excluding steroid dienone is 2. The summed E-state index contributed by atoms with van der Waals surface area (Å²) in [5.74, 6) is -11.2. The van der Waals surface area contributed by atoms with E-state index in [4.69, 9.17) is 14.3 Å². The van der Waals surface area contributed by atoms with Crippen LogP contribution in [0.5, 0.6) is 0 Å². The molecule has 4 nitrogen and oxygen atoms in total. The average Bonchev–Trinajstić information content (AvgIpc) is 3.89. The van der Waals surface area contributed by atoms with Crippen LogP contribution in [0.3, 0.4) is 0 Å². The number of halogens is 10. The third-order valence-electron chi connectivity index (χ3n) is 12.3. The monoisotopic (exact) mass is 968 g/mol. The van der Waals surface area contributed by atoms with Gasteiger partial charge >= 0.3 is 31.5 Å². The number of aromatic nitrogens is 1. The smallest absolute Gasteiger partial charge is 0.385 e. The molecular formula is C55H47BF10N2O2. The first-order valence-corrected chi connectivity index (χ1v) is 22.3. The van der Waals surface area contributed by atoms with Gasteiger partial charge in [-0.25, -0.2) is 4.99 Å². The molecule has 8 rings (SSSR count). The molecule has 0 radical (unpaired) electrons. The molecule has 1 aliphatic heterocycles. The van der Waals surface area contributed by atoms with Crippen LogP contribution in [0.1, 0.15) is 69.5 Å². The Morgan fingerprint density at radius 2 is 0.957 bits per heavy atom. The van der Waals surface area contributed by atoms with E-state index in [1.807, 2.05) is 106 Å². The van der Waals surface area contributed by atoms with Gasteiger partial charge in [0.1, 0.15) is 13.2 Å². The van der Waals surface area contributed by atoms with Gasteiger partial charge < -0.3 is 13.8 Å². The van der Waals surface area contributed by atoms with Gasteiger partial charge in [-0.2, -0.15) is 43.9 Å². The van der Waals surface area contributed by atoms with Gasteiger partial charge in [-0.05, 0) is 78.4 Å². The van der Waals surface area contributed by atoms with E-state index in [-0.39, 0.29) is 39.0 Å². The van der Waals surface area contributed by atoms with Crippen molar-refractivity contribution in [2.45, 2.75) is 76.6 Å². The molecular weight excluding hydrogens is 921 g/mol. The van der Waals surface area contributed by atoms with Crippen LogP contribution in [0.4, 0.5) is 43.9 Å². The molecule has 0 amide bonds. The van der Waals surface area contributed by atoms with Crippen molar-refractivity contribution in [2.75, 3.05) is 13.2 Å². The molecule has 0 bridgehead atoms. The molecule has 1 aromatic heterocycles. The van der Waals surface area contributed by atoms with Crippen LogP contribution in [-0.2, 0) is 20.1 Å². The Labute approximate surface area is 399 Å². The minimum Gasteiger partial charge on any atom is -0.385 e. The first kappa shape index (κ1) is 50.0. The number of hydrogen-bond donors (Lipinski definition) is 0. The highest BCUT2D eigenvalue weighted by molar-refractivity contribution is 6.44. The molecule has 0 atom stereocenters. The summed E-state index contributed by atoms with van der Waals surface area (Å²) in [6, 6.07) is 41.7. The zero-order valence-corrected chi connectivity index (χ0v) is 38.9. The quantitative estimate of drug-likeness (QED) is 0.0903. The Hall–Kier alpha value is -6.45.